The second-order valence-corrected chi connectivity index (χ2v) is 7.03. The molecule has 28 heavy (non-hydrogen) atoms. The van der Waals surface area contributed by atoms with Crippen LogP contribution in [0.15, 0.2) is 29.3 Å². The maximum Gasteiger partial charge on any atom is 0.416 e. The van der Waals surface area contributed by atoms with Crippen molar-refractivity contribution in [2.45, 2.75) is 31.5 Å². The minimum Gasteiger partial charge on any atom is -0.379 e. The number of ether oxygens (including phenoxy) is 1. The lowest BCUT2D eigenvalue weighted by Gasteiger charge is -2.34. The predicted molar refractivity (Wildman–Crippen MR) is 114 cm³/mol. The van der Waals surface area contributed by atoms with Gasteiger partial charge in [-0.25, -0.2) is 0 Å². The van der Waals surface area contributed by atoms with E-state index in [4.69, 9.17) is 10.5 Å². The Kier molecular flexibility index (Phi) is 8.81. The fraction of sp³-hybridized carbons (Fsp3) is 0.632. The Bertz CT molecular complexity index is 627. The van der Waals surface area contributed by atoms with Crippen molar-refractivity contribution in [1.82, 2.24) is 9.80 Å². The zero-order chi connectivity index (χ0) is 19.3. The van der Waals surface area contributed by atoms with Gasteiger partial charge >= 0.3 is 6.18 Å². The van der Waals surface area contributed by atoms with E-state index in [1.807, 2.05) is 0 Å². The average Bonchev–Trinajstić information content (AvgIpc) is 2.69. The van der Waals surface area contributed by atoms with Crippen LogP contribution in [0.25, 0.3) is 0 Å². The third-order valence-electron chi connectivity index (χ3n) is 5.22. The summed E-state index contributed by atoms with van der Waals surface area (Å²) in [4.78, 5) is 8.88. The Hall–Kier alpha value is -1.07. The van der Waals surface area contributed by atoms with E-state index in [2.05, 4.69) is 14.8 Å². The first-order valence-corrected chi connectivity index (χ1v) is 9.49. The molecule has 0 aliphatic carbocycles. The van der Waals surface area contributed by atoms with Crippen LogP contribution in [0.2, 0.25) is 0 Å². The number of rotatable bonds is 4. The van der Waals surface area contributed by atoms with E-state index in [-0.39, 0.29) is 30.0 Å². The number of likely N-dealkylation sites (tertiary alicyclic amines) is 1. The van der Waals surface area contributed by atoms with Crippen LogP contribution in [-0.4, -0.2) is 61.7 Å². The molecule has 2 N–H and O–H groups in total. The van der Waals surface area contributed by atoms with Gasteiger partial charge in [0.1, 0.15) is 0 Å². The highest BCUT2D eigenvalue weighted by atomic mass is 127. The molecule has 2 fully saturated rings. The maximum absolute atomic E-state index is 12.9. The van der Waals surface area contributed by atoms with Crippen LogP contribution in [0.3, 0.4) is 0 Å². The van der Waals surface area contributed by atoms with Gasteiger partial charge in [0, 0.05) is 26.2 Å². The zero-order valence-electron chi connectivity index (χ0n) is 15.8. The summed E-state index contributed by atoms with van der Waals surface area (Å²) in [5.74, 6) is 0.528. The Morgan fingerprint density at radius 1 is 1.04 bits per heavy atom. The van der Waals surface area contributed by atoms with Gasteiger partial charge < -0.3 is 15.4 Å². The van der Waals surface area contributed by atoms with Crippen molar-refractivity contribution in [3.05, 3.63) is 35.4 Å². The monoisotopic (exact) mass is 512 g/mol. The van der Waals surface area contributed by atoms with Crippen LogP contribution >= 0.6 is 24.0 Å². The van der Waals surface area contributed by atoms with Crippen molar-refractivity contribution in [2.75, 3.05) is 45.9 Å². The summed E-state index contributed by atoms with van der Waals surface area (Å²) < 4.78 is 44.0. The highest BCUT2D eigenvalue weighted by molar-refractivity contribution is 14.0. The molecule has 1 aromatic rings. The van der Waals surface area contributed by atoms with Gasteiger partial charge in [0.05, 0.1) is 31.4 Å². The molecule has 0 spiro atoms. The van der Waals surface area contributed by atoms with E-state index in [0.29, 0.717) is 25.7 Å². The molecule has 3 rings (SSSR count). The van der Waals surface area contributed by atoms with Gasteiger partial charge in [-0.1, -0.05) is 12.1 Å². The first-order valence-electron chi connectivity index (χ1n) is 9.49. The molecular formula is C19H28F3IN4O. The number of hydrogen-bond acceptors (Lipinski definition) is 3. The molecule has 5 nitrogen and oxygen atoms in total. The predicted octanol–water partition coefficient (Wildman–Crippen LogP) is 3.50. The van der Waals surface area contributed by atoms with Crippen molar-refractivity contribution >= 4 is 29.9 Å². The molecule has 158 valence electrons. The lowest BCUT2D eigenvalue weighted by Crippen LogP contribution is -2.43. The molecular weight excluding hydrogens is 484 g/mol. The summed E-state index contributed by atoms with van der Waals surface area (Å²) in [5, 5.41) is 0. The second-order valence-electron chi connectivity index (χ2n) is 7.03. The first-order chi connectivity index (χ1) is 12.9. The Morgan fingerprint density at radius 2 is 1.64 bits per heavy atom. The average molecular weight is 512 g/mol. The van der Waals surface area contributed by atoms with Crippen LogP contribution in [-0.2, 0) is 10.9 Å². The minimum atomic E-state index is -4.33. The molecule has 0 saturated carbocycles. The van der Waals surface area contributed by atoms with Crippen LogP contribution < -0.4 is 5.73 Å². The Balaban J connectivity index is 0.00000280. The Labute approximate surface area is 181 Å². The lowest BCUT2D eigenvalue weighted by molar-refractivity contribution is -0.137. The van der Waals surface area contributed by atoms with Crippen LogP contribution in [0.4, 0.5) is 13.2 Å². The molecule has 0 amide bonds. The standard InChI is InChI=1S/C19H27F3N4O.HI/c20-19(21,22)16-6-4-15(5-7-16)17(25-10-12-27-13-11-25)14-24-18(23)26-8-2-1-3-9-26;/h4-7,17H,1-3,8-14H2,(H2,23,24);1H. The smallest absolute Gasteiger partial charge is 0.379 e. The van der Waals surface area contributed by atoms with Gasteiger partial charge in [-0.15, -0.1) is 24.0 Å². The molecule has 9 heteroatoms. The van der Waals surface area contributed by atoms with Gasteiger partial charge in [-0.05, 0) is 37.0 Å². The number of hydrogen-bond donors (Lipinski definition) is 1. The Morgan fingerprint density at radius 3 is 2.21 bits per heavy atom. The van der Waals surface area contributed by atoms with E-state index in [1.54, 1.807) is 12.1 Å². The van der Waals surface area contributed by atoms with Crippen LogP contribution in [0, 0.1) is 0 Å². The second kappa shape index (κ2) is 10.6. The molecule has 1 unspecified atom stereocenters. The normalized spacial score (nSPS) is 20.5. The number of piperidine rings is 1. The summed E-state index contributed by atoms with van der Waals surface area (Å²) >= 11 is 0. The maximum atomic E-state index is 12.9. The summed E-state index contributed by atoms with van der Waals surface area (Å²) in [6.07, 6.45) is -0.889. The number of guanidine groups is 1. The summed E-state index contributed by atoms with van der Waals surface area (Å²) in [5.41, 5.74) is 6.35. The molecule has 2 aliphatic rings. The van der Waals surface area contributed by atoms with Gasteiger partial charge in [0.15, 0.2) is 5.96 Å². The summed E-state index contributed by atoms with van der Waals surface area (Å²) in [6.45, 7) is 4.93. The van der Waals surface area contributed by atoms with Crippen molar-refractivity contribution < 1.29 is 17.9 Å². The number of alkyl halides is 3. The zero-order valence-corrected chi connectivity index (χ0v) is 18.2. The number of nitrogens with two attached hydrogens (primary N) is 1. The topological polar surface area (TPSA) is 54.1 Å². The van der Waals surface area contributed by atoms with Gasteiger partial charge in [0.25, 0.3) is 0 Å². The van der Waals surface area contributed by atoms with Crippen molar-refractivity contribution in [3.63, 3.8) is 0 Å². The number of morpholine rings is 1. The first kappa shape index (κ1) is 23.2. The molecule has 1 aromatic carbocycles. The van der Waals surface area contributed by atoms with Crippen molar-refractivity contribution in [3.8, 4) is 0 Å². The van der Waals surface area contributed by atoms with E-state index in [1.165, 1.54) is 6.42 Å². The van der Waals surface area contributed by atoms with Crippen molar-refractivity contribution in [2.24, 2.45) is 10.7 Å². The fourth-order valence-electron chi connectivity index (χ4n) is 3.62. The largest absolute Gasteiger partial charge is 0.416 e. The lowest BCUT2D eigenvalue weighted by atomic mass is 10.0. The third kappa shape index (κ3) is 6.21. The quantitative estimate of drug-likeness (QED) is 0.382. The molecule has 0 bridgehead atoms. The van der Waals surface area contributed by atoms with E-state index >= 15 is 0 Å². The van der Waals surface area contributed by atoms with E-state index in [9.17, 15) is 13.2 Å². The van der Waals surface area contributed by atoms with Gasteiger partial charge in [-0.2, -0.15) is 13.2 Å². The van der Waals surface area contributed by atoms with Gasteiger partial charge in [0.2, 0.25) is 0 Å². The number of benzene rings is 1. The van der Waals surface area contributed by atoms with Gasteiger partial charge in [-0.3, -0.25) is 9.89 Å². The highest BCUT2D eigenvalue weighted by Gasteiger charge is 2.31. The van der Waals surface area contributed by atoms with Crippen LogP contribution in [0.1, 0.15) is 36.4 Å². The summed E-state index contributed by atoms with van der Waals surface area (Å²) in [7, 11) is 0. The van der Waals surface area contributed by atoms with E-state index in [0.717, 1.165) is 56.7 Å². The van der Waals surface area contributed by atoms with Crippen LogP contribution in [0.5, 0.6) is 0 Å². The third-order valence-corrected chi connectivity index (χ3v) is 5.22. The number of halogens is 4. The fourth-order valence-corrected chi connectivity index (χ4v) is 3.62. The molecule has 2 saturated heterocycles. The highest BCUT2D eigenvalue weighted by Crippen LogP contribution is 2.31. The molecule has 0 aromatic heterocycles. The van der Waals surface area contributed by atoms with Crippen molar-refractivity contribution in [1.29, 1.82) is 0 Å². The number of aliphatic imine (C=N–C) groups is 1. The molecule has 0 radical (unpaired) electrons. The molecule has 2 aliphatic heterocycles. The minimum absolute atomic E-state index is 0. The number of nitrogens with zero attached hydrogens (tertiary/aromatic N) is 3. The SMILES string of the molecule is I.NC(=NCC(c1ccc(C(F)(F)F)cc1)N1CCOCC1)N1CCCCC1. The molecule has 1 atom stereocenters. The van der Waals surface area contributed by atoms with E-state index < -0.39 is 11.7 Å². The molecule has 2 heterocycles. The summed E-state index contributed by atoms with van der Waals surface area (Å²) in [6, 6.07) is 5.27.